The Morgan fingerprint density at radius 1 is 0.885 bits per heavy atom. The Labute approximate surface area is 152 Å². The summed E-state index contributed by atoms with van der Waals surface area (Å²) in [5, 5.41) is 19.0. The second-order valence-corrected chi connectivity index (χ2v) is 6.11. The molecule has 132 valence electrons. The van der Waals surface area contributed by atoms with Crippen molar-refractivity contribution in [1.29, 1.82) is 0 Å². The summed E-state index contributed by atoms with van der Waals surface area (Å²) in [6.45, 7) is 0.463. The van der Waals surface area contributed by atoms with Crippen LogP contribution in [0, 0.1) is 0 Å². The summed E-state index contributed by atoms with van der Waals surface area (Å²) in [7, 11) is 0. The number of carboxylic acids is 1. The quantitative estimate of drug-likeness (QED) is 0.665. The van der Waals surface area contributed by atoms with Gasteiger partial charge < -0.3 is 14.9 Å². The number of ether oxygens (including phenoxy) is 1. The summed E-state index contributed by atoms with van der Waals surface area (Å²) >= 11 is 0. The van der Waals surface area contributed by atoms with E-state index in [0.29, 0.717) is 24.3 Å². The van der Waals surface area contributed by atoms with Crippen molar-refractivity contribution in [3.63, 3.8) is 0 Å². The van der Waals surface area contributed by atoms with Gasteiger partial charge in [-0.3, -0.25) is 4.79 Å². The van der Waals surface area contributed by atoms with E-state index in [2.05, 4.69) is 0 Å². The molecular formula is C22H20O4. The maximum absolute atomic E-state index is 11.7. The zero-order valence-electron chi connectivity index (χ0n) is 14.2. The third kappa shape index (κ3) is 4.63. The van der Waals surface area contributed by atoms with Crippen molar-refractivity contribution < 1.29 is 19.7 Å². The molecular weight excluding hydrogens is 328 g/mol. The smallest absolute Gasteiger partial charge is 0.311 e. The first-order valence-electron chi connectivity index (χ1n) is 8.39. The third-order valence-corrected chi connectivity index (χ3v) is 4.18. The van der Waals surface area contributed by atoms with Gasteiger partial charge in [0.2, 0.25) is 0 Å². The molecule has 0 bridgehead atoms. The molecule has 26 heavy (non-hydrogen) atoms. The topological polar surface area (TPSA) is 66.8 Å². The van der Waals surface area contributed by atoms with E-state index in [1.54, 1.807) is 12.1 Å². The fourth-order valence-electron chi connectivity index (χ4n) is 2.79. The van der Waals surface area contributed by atoms with E-state index in [-0.39, 0.29) is 5.75 Å². The Bertz CT molecular complexity index is 857. The van der Waals surface area contributed by atoms with Crippen LogP contribution in [0.25, 0.3) is 0 Å². The zero-order valence-corrected chi connectivity index (χ0v) is 14.2. The Morgan fingerprint density at radius 3 is 2.27 bits per heavy atom. The maximum atomic E-state index is 11.7. The van der Waals surface area contributed by atoms with Gasteiger partial charge in [-0.05, 0) is 47.4 Å². The number of carbonyl (C=O) groups is 1. The number of carboxylic acid groups (broad SMARTS) is 1. The van der Waals surface area contributed by atoms with Crippen LogP contribution in [0.15, 0.2) is 78.9 Å². The summed E-state index contributed by atoms with van der Waals surface area (Å²) in [5.41, 5.74) is 2.62. The molecule has 3 aromatic carbocycles. The molecule has 0 aliphatic heterocycles. The Hall–Kier alpha value is -3.27. The van der Waals surface area contributed by atoms with Gasteiger partial charge >= 0.3 is 5.97 Å². The van der Waals surface area contributed by atoms with Gasteiger partial charge in [0.1, 0.15) is 18.1 Å². The van der Waals surface area contributed by atoms with Crippen LogP contribution in [0.4, 0.5) is 0 Å². The van der Waals surface area contributed by atoms with Crippen molar-refractivity contribution >= 4 is 5.97 Å². The van der Waals surface area contributed by atoms with Crippen LogP contribution in [0.1, 0.15) is 22.6 Å². The number of benzene rings is 3. The first-order valence-corrected chi connectivity index (χ1v) is 8.39. The molecule has 0 heterocycles. The highest BCUT2D eigenvalue weighted by atomic mass is 16.5. The lowest BCUT2D eigenvalue weighted by molar-refractivity contribution is -0.138. The first-order chi connectivity index (χ1) is 12.6. The lowest BCUT2D eigenvalue weighted by Crippen LogP contribution is -2.14. The maximum Gasteiger partial charge on any atom is 0.311 e. The van der Waals surface area contributed by atoms with E-state index in [4.69, 9.17) is 4.74 Å². The van der Waals surface area contributed by atoms with E-state index in [1.807, 2.05) is 54.6 Å². The molecule has 4 heteroatoms. The van der Waals surface area contributed by atoms with Gasteiger partial charge in [0.15, 0.2) is 0 Å². The molecule has 2 N–H and O–H groups in total. The molecule has 0 aromatic heterocycles. The van der Waals surface area contributed by atoms with E-state index in [1.165, 1.54) is 12.1 Å². The van der Waals surface area contributed by atoms with E-state index in [9.17, 15) is 15.0 Å². The van der Waals surface area contributed by atoms with Gasteiger partial charge in [-0.2, -0.15) is 0 Å². The highest BCUT2D eigenvalue weighted by Gasteiger charge is 2.20. The van der Waals surface area contributed by atoms with Crippen LogP contribution < -0.4 is 4.74 Å². The molecule has 3 aromatic rings. The van der Waals surface area contributed by atoms with Gasteiger partial charge in [-0.1, -0.05) is 54.6 Å². The SMILES string of the molecule is O=C(O)C(Cc1cccc(OCc2ccccc2)c1)c1ccc(O)cc1. The highest BCUT2D eigenvalue weighted by Crippen LogP contribution is 2.25. The third-order valence-electron chi connectivity index (χ3n) is 4.18. The molecule has 0 saturated heterocycles. The van der Waals surface area contributed by atoms with Crippen LogP contribution in [-0.4, -0.2) is 16.2 Å². The van der Waals surface area contributed by atoms with Gasteiger partial charge in [0, 0.05) is 0 Å². The number of hydrogen-bond donors (Lipinski definition) is 2. The van der Waals surface area contributed by atoms with E-state index < -0.39 is 11.9 Å². The summed E-state index contributed by atoms with van der Waals surface area (Å²) < 4.78 is 5.82. The van der Waals surface area contributed by atoms with Crippen molar-refractivity contribution in [2.24, 2.45) is 0 Å². The Balaban J connectivity index is 1.72. The average Bonchev–Trinajstić information content (AvgIpc) is 2.66. The van der Waals surface area contributed by atoms with Crippen molar-refractivity contribution in [3.05, 3.63) is 95.6 Å². The van der Waals surface area contributed by atoms with Gasteiger partial charge in [-0.15, -0.1) is 0 Å². The Morgan fingerprint density at radius 2 is 1.58 bits per heavy atom. The van der Waals surface area contributed by atoms with Gasteiger partial charge in [-0.25, -0.2) is 0 Å². The zero-order chi connectivity index (χ0) is 18.4. The van der Waals surface area contributed by atoms with Crippen LogP contribution in [0.5, 0.6) is 11.5 Å². The summed E-state index contributed by atoms with van der Waals surface area (Å²) in [6, 6.07) is 23.7. The molecule has 0 aliphatic rings. The largest absolute Gasteiger partial charge is 0.508 e. The predicted octanol–water partition coefficient (Wildman–Crippen LogP) is 4.38. The van der Waals surface area contributed by atoms with Gasteiger partial charge in [0.25, 0.3) is 0 Å². The molecule has 3 rings (SSSR count). The monoisotopic (exact) mass is 348 g/mol. The van der Waals surface area contributed by atoms with Crippen molar-refractivity contribution in [2.75, 3.05) is 0 Å². The highest BCUT2D eigenvalue weighted by molar-refractivity contribution is 5.76. The number of phenols is 1. The lowest BCUT2D eigenvalue weighted by Gasteiger charge is -2.14. The number of aliphatic carboxylic acids is 1. The predicted molar refractivity (Wildman–Crippen MR) is 99.4 cm³/mol. The van der Waals surface area contributed by atoms with Crippen molar-refractivity contribution in [3.8, 4) is 11.5 Å². The van der Waals surface area contributed by atoms with Crippen LogP contribution in [0.3, 0.4) is 0 Å². The molecule has 1 atom stereocenters. The fourth-order valence-corrected chi connectivity index (χ4v) is 2.79. The minimum absolute atomic E-state index is 0.120. The molecule has 0 amide bonds. The molecule has 1 unspecified atom stereocenters. The molecule has 4 nitrogen and oxygen atoms in total. The number of hydrogen-bond acceptors (Lipinski definition) is 3. The second-order valence-electron chi connectivity index (χ2n) is 6.11. The fraction of sp³-hybridized carbons (Fsp3) is 0.136. The van der Waals surface area contributed by atoms with Crippen LogP contribution >= 0.6 is 0 Å². The summed E-state index contributed by atoms with van der Waals surface area (Å²) in [6.07, 6.45) is 0.350. The summed E-state index contributed by atoms with van der Waals surface area (Å²) in [4.78, 5) is 11.7. The van der Waals surface area contributed by atoms with Crippen molar-refractivity contribution in [2.45, 2.75) is 18.9 Å². The Kier molecular flexibility index (Phi) is 5.54. The van der Waals surface area contributed by atoms with E-state index in [0.717, 1.165) is 11.1 Å². The standard InChI is InChI=1S/C22H20O4/c23-19-11-9-18(10-12-19)21(22(24)25)14-17-7-4-8-20(13-17)26-15-16-5-2-1-3-6-16/h1-13,21,23H,14-15H2,(H,24,25). The number of phenolic OH excluding ortho intramolecular Hbond substituents is 1. The number of rotatable bonds is 7. The first kappa shape index (κ1) is 17.5. The lowest BCUT2D eigenvalue weighted by atomic mass is 9.92. The van der Waals surface area contributed by atoms with E-state index >= 15 is 0 Å². The molecule has 0 spiro atoms. The minimum atomic E-state index is -0.897. The molecule has 0 saturated carbocycles. The molecule has 0 fully saturated rings. The molecule has 0 aliphatic carbocycles. The van der Waals surface area contributed by atoms with Crippen LogP contribution in [-0.2, 0) is 17.8 Å². The average molecular weight is 348 g/mol. The second kappa shape index (κ2) is 8.21. The van der Waals surface area contributed by atoms with Gasteiger partial charge in [0.05, 0.1) is 5.92 Å². The van der Waals surface area contributed by atoms with Crippen molar-refractivity contribution in [1.82, 2.24) is 0 Å². The summed E-state index contributed by atoms with van der Waals surface area (Å²) in [5.74, 6) is -0.748. The van der Waals surface area contributed by atoms with Crippen LogP contribution in [0.2, 0.25) is 0 Å². The molecule has 0 radical (unpaired) electrons. The minimum Gasteiger partial charge on any atom is -0.508 e. The number of aromatic hydroxyl groups is 1. The normalized spacial score (nSPS) is 11.7.